The fraction of sp³-hybridized carbons (Fsp3) is 1.00. The Kier molecular flexibility index (Phi) is 2.85. The maximum atomic E-state index is 6.00. The molecule has 0 aromatic carbocycles. The van der Waals surface area contributed by atoms with Gasteiger partial charge in [0.25, 0.3) is 0 Å². The van der Waals surface area contributed by atoms with Crippen LogP contribution in [0, 0.1) is 5.92 Å². The van der Waals surface area contributed by atoms with Crippen molar-refractivity contribution in [1.29, 1.82) is 0 Å². The second-order valence-electron chi connectivity index (χ2n) is 5.43. The molecule has 0 amide bonds. The van der Waals surface area contributed by atoms with Gasteiger partial charge >= 0.3 is 0 Å². The highest BCUT2D eigenvalue weighted by atomic mass is 16.5. The summed E-state index contributed by atoms with van der Waals surface area (Å²) in [5, 5.41) is 0. The van der Waals surface area contributed by atoms with E-state index >= 15 is 0 Å². The third kappa shape index (κ3) is 1.96. The Morgan fingerprint density at radius 3 is 2.36 bits per heavy atom. The van der Waals surface area contributed by atoms with Gasteiger partial charge in [0.2, 0.25) is 0 Å². The fourth-order valence-electron chi connectivity index (χ4n) is 2.87. The van der Waals surface area contributed by atoms with Crippen molar-refractivity contribution in [2.75, 3.05) is 19.7 Å². The quantitative estimate of drug-likeness (QED) is 0.639. The molecule has 0 unspecified atom stereocenters. The average molecular weight is 197 g/mol. The summed E-state index contributed by atoms with van der Waals surface area (Å²) in [6.45, 7) is 10.3. The minimum Gasteiger partial charge on any atom is -0.375 e. The predicted octanol–water partition coefficient (Wildman–Crippen LogP) is 2.29. The predicted molar refractivity (Wildman–Crippen MR) is 58.4 cm³/mol. The zero-order valence-electron chi connectivity index (χ0n) is 9.75. The van der Waals surface area contributed by atoms with E-state index in [0.717, 1.165) is 12.5 Å². The van der Waals surface area contributed by atoms with Crippen molar-refractivity contribution in [3.8, 4) is 0 Å². The number of rotatable bonds is 1. The van der Waals surface area contributed by atoms with Gasteiger partial charge in [-0.05, 0) is 39.0 Å². The zero-order chi connectivity index (χ0) is 10.2. The van der Waals surface area contributed by atoms with Crippen LogP contribution in [0.4, 0.5) is 0 Å². The van der Waals surface area contributed by atoms with E-state index in [1.165, 1.54) is 32.4 Å². The van der Waals surface area contributed by atoms with Crippen LogP contribution in [0.2, 0.25) is 0 Å². The normalized spacial score (nSPS) is 33.0. The lowest BCUT2D eigenvalue weighted by atomic mass is 9.85. The van der Waals surface area contributed by atoms with Crippen LogP contribution in [0.3, 0.4) is 0 Å². The summed E-state index contributed by atoms with van der Waals surface area (Å²) in [5.41, 5.74) is 0.269. The first-order valence-corrected chi connectivity index (χ1v) is 5.99. The van der Waals surface area contributed by atoms with E-state index in [-0.39, 0.29) is 5.60 Å². The second kappa shape index (κ2) is 3.82. The first kappa shape index (κ1) is 10.4. The third-order valence-electron chi connectivity index (χ3n) is 3.83. The number of likely N-dealkylation sites (tertiary alicyclic amines) is 1. The summed E-state index contributed by atoms with van der Waals surface area (Å²) < 4.78 is 6.00. The van der Waals surface area contributed by atoms with Crippen LogP contribution in [0.1, 0.15) is 40.0 Å². The molecule has 0 saturated carbocycles. The van der Waals surface area contributed by atoms with Crippen LogP contribution >= 0.6 is 0 Å². The molecule has 82 valence electrons. The van der Waals surface area contributed by atoms with Crippen molar-refractivity contribution in [3.05, 3.63) is 0 Å². The van der Waals surface area contributed by atoms with Crippen LogP contribution in [0.25, 0.3) is 0 Å². The van der Waals surface area contributed by atoms with E-state index in [9.17, 15) is 0 Å². The highest BCUT2D eigenvalue weighted by molar-refractivity contribution is 4.93. The fourth-order valence-corrected chi connectivity index (χ4v) is 2.87. The van der Waals surface area contributed by atoms with Gasteiger partial charge in [0, 0.05) is 25.7 Å². The lowest BCUT2D eigenvalue weighted by molar-refractivity contribution is -0.0485. The van der Waals surface area contributed by atoms with E-state index in [2.05, 4.69) is 25.7 Å². The second-order valence-corrected chi connectivity index (χ2v) is 5.43. The molecule has 1 atom stereocenters. The van der Waals surface area contributed by atoms with Crippen LogP contribution in [0.15, 0.2) is 0 Å². The highest BCUT2D eigenvalue weighted by Crippen LogP contribution is 2.38. The number of hydrogen-bond donors (Lipinski definition) is 0. The van der Waals surface area contributed by atoms with E-state index in [1.54, 1.807) is 0 Å². The summed E-state index contributed by atoms with van der Waals surface area (Å²) in [6, 6.07) is 0.700. The molecule has 2 heterocycles. The Bertz CT molecular complexity index is 194. The SMILES string of the molecule is CC(C)N1CCC2(CC1)C[C@H](C)CO2. The minimum atomic E-state index is 0.269. The lowest BCUT2D eigenvalue weighted by Crippen LogP contribution is -2.46. The van der Waals surface area contributed by atoms with Crippen LogP contribution in [-0.4, -0.2) is 36.2 Å². The van der Waals surface area contributed by atoms with Gasteiger partial charge in [0.05, 0.1) is 5.60 Å². The van der Waals surface area contributed by atoms with Crippen molar-refractivity contribution in [3.63, 3.8) is 0 Å². The van der Waals surface area contributed by atoms with Crippen LogP contribution in [-0.2, 0) is 4.74 Å². The maximum Gasteiger partial charge on any atom is 0.0710 e. The number of hydrogen-bond acceptors (Lipinski definition) is 2. The molecule has 0 aliphatic carbocycles. The van der Waals surface area contributed by atoms with Crippen molar-refractivity contribution in [2.45, 2.75) is 51.7 Å². The molecular weight excluding hydrogens is 174 g/mol. The Labute approximate surface area is 87.6 Å². The average Bonchev–Trinajstić information content (AvgIpc) is 2.48. The largest absolute Gasteiger partial charge is 0.375 e. The molecule has 2 rings (SSSR count). The molecule has 0 N–H and O–H groups in total. The molecule has 0 aromatic rings. The molecule has 2 nitrogen and oxygen atoms in total. The minimum absolute atomic E-state index is 0.269. The molecule has 2 saturated heterocycles. The van der Waals surface area contributed by atoms with Crippen molar-refractivity contribution < 1.29 is 4.74 Å². The third-order valence-corrected chi connectivity index (χ3v) is 3.83. The van der Waals surface area contributed by atoms with Gasteiger partial charge in [0.15, 0.2) is 0 Å². The zero-order valence-corrected chi connectivity index (χ0v) is 9.75. The molecule has 0 bridgehead atoms. The Morgan fingerprint density at radius 2 is 1.93 bits per heavy atom. The van der Waals surface area contributed by atoms with Gasteiger partial charge in [-0.2, -0.15) is 0 Å². The van der Waals surface area contributed by atoms with E-state index in [0.29, 0.717) is 6.04 Å². The molecule has 1 spiro atoms. The number of nitrogens with zero attached hydrogens (tertiary/aromatic N) is 1. The summed E-state index contributed by atoms with van der Waals surface area (Å²) in [5.74, 6) is 0.778. The van der Waals surface area contributed by atoms with Crippen LogP contribution in [0.5, 0.6) is 0 Å². The lowest BCUT2D eigenvalue weighted by Gasteiger charge is -2.40. The number of ether oxygens (including phenoxy) is 1. The van der Waals surface area contributed by atoms with Gasteiger partial charge in [-0.25, -0.2) is 0 Å². The van der Waals surface area contributed by atoms with Crippen molar-refractivity contribution in [2.24, 2.45) is 5.92 Å². The van der Waals surface area contributed by atoms with Crippen LogP contribution < -0.4 is 0 Å². The molecular formula is C12H23NO. The van der Waals surface area contributed by atoms with Gasteiger partial charge < -0.3 is 9.64 Å². The maximum absolute atomic E-state index is 6.00. The van der Waals surface area contributed by atoms with Crippen molar-refractivity contribution in [1.82, 2.24) is 4.90 Å². The van der Waals surface area contributed by atoms with Gasteiger partial charge in [-0.1, -0.05) is 6.92 Å². The van der Waals surface area contributed by atoms with E-state index in [1.807, 2.05) is 0 Å². The smallest absolute Gasteiger partial charge is 0.0710 e. The Morgan fingerprint density at radius 1 is 1.29 bits per heavy atom. The molecule has 0 aromatic heterocycles. The summed E-state index contributed by atoms with van der Waals surface area (Å²) in [6.07, 6.45) is 3.78. The topological polar surface area (TPSA) is 12.5 Å². The van der Waals surface area contributed by atoms with Crippen molar-refractivity contribution >= 4 is 0 Å². The first-order chi connectivity index (χ1) is 6.61. The monoisotopic (exact) mass is 197 g/mol. The summed E-state index contributed by atoms with van der Waals surface area (Å²) in [4.78, 5) is 2.57. The molecule has 0 radical (unpaired) electrons. The molecule has 2 aliphatic heterocycles. The number of piperidine rings is 1. The van der Waals surface area contributed by atoms with Gasteiger partial charge in [-0.3, -0.25) is 0 Å². The Hall–Kier alpha value is -0.0800. The van der Waals surface area contributed by atoms with Gasteiger partial charge in [0.1, 0.15) is 0 Å². The molecule has 2 aliphatic rings. The Balaban J connectivity index is 1.89. The van der Waals surface area contributed by atoms with E-state index < -0.39 is 0 Å². The van der Waals surface area contributed by atoms with E-state index in [4.69, 9.17) is 4.74 Å². The summed E-state index contributed by atoms with van der Waals surface area (Å²) in [7, 11) is 0. The van der Waals surface area contributed by atoms with Gasteiger partial charge in [-0.15, -0.1) is 0 Å². The molecule has 2 fully saturated rings. The molecule has 2 heteroatoms. The highest BCUT2D eigenvalue weighted by Gasteiger charge is 2.41. The first-order valence-electron chi connectivity index (χ1n) is 5.99. The standard InChI is InChI=1S/C12H23NO/c1-10(2)13-6-4-12(5-7-13)8-11(3)9-14-12/h10-11H,4-9H2,1-3H3/t11-/m0/s1. The summed E-state index contributed by atoms with van der Waals surface area (Å²) >= 11 is 0. The molecule has 14 heavy (non-hydrogen) atoms.